The van der Waals surface area contributed by atoms with E-state index in [9.17, 15) is 4.39 Å². The molecule has 1 aromatic carbocycles. The van der Waals surface area contributed by atoms with Crippen molar-refractivity contribution in [2.24, 2.45) is 11.7 Å². The normalized spacial score (nSPS) is 13.1. The van der Waals surface area contributed by atoms with E-state index in [1.165, 1.54) is 6.07 Å². The first-order valence-corrected chi connectivity index (χ1v) is 6.81. The van der Waals surface area contributed by atoms with Crippen molar-refractivity contribution in [2.45, 2.75) is 26.3 Å². The summed E-state index contributed by atoms with van der Waals surface area (Å²) in [5.74, 6) is 2.55. The second-order valence-corrected chi connectivity index (χ2v) is 5.56. The van der Waals surface area contributed by atoms with Crippen LogP contribution in [0.25, 0.3) is 0 Å². The molecule has 0 aliphatic rings. The van der Waals surface area contributed by atoms with Gasteiger partial charge in [0.1, 0.15) is 5.82 Å². The fourth-order valence-electron chi connectivity index (χ4n) is 1.46. The van der Waals surface area contributed by atoms with Crippen LogP contribution in [0.2, 0.25) is 0 Å². The monoisotopic (exact) mass is 241 g/mol. The molecule has 0 amide bonds. The summed E-state index contributed by atoms with van der Waals surface area (Å²) in [5.41, 5.74) is 6.70. The third-order valence-electron chi connectivity index (χ3n) is 2.22. The number of hydrogen-bond acceptors (Lipinski definition) is 2. The van der Waals surface area contributed by atoms with E-state index in [1.807, 2.05) is 23.9 Å². The fraction of sp³-hybridized carbons (Fsp3) is 0.538. The Kier molecular flexibility index (Phi) is 5.85. The van der Waals surface area contributed by atoms with E-state index in [1.54, 1.807) is 6.07 Å². The van der Waals surface area contributed by atoms with Gasteiger partial charge in [-0.1, -0.05) is 32.0 Å². The molecule has 1 nitrogen and oxygen atoms in total. The smallest absolute Gasteiger partial charge is 0.126 e. The van der Waals surface area contributed by atoms with E-state index in [0.717, 1.165) is 17.1 Å². The zero-order valence-corrected chi connectivity index (χ0v) is 10.8. The topological polar surface area (TPSA) is 26.0 Å². The van der Waals surface area contributed by atoms with Gasteiger partial charge >= 0.3 is 0 Å². The van der Waals surface area contributed by atoms with E-state index in [-0.39, 0.29) is 11.9 Å². The summed E-state index contributed by atoms with van der Waals surface area (Å²) in [6.07, 6.45) is 0.623. The molecule has 1 atom stereocenters. The summed E-state index contributed by atoms with van der Waals surface area (Å²) in [6, 6.07) is 6.90. The van der Waals surface area contributed by atoms with Gasteiger partial charge in [-0.15, -0.1) is 0 Å². The summed E-state index contributed by atoms with van der Waals surface area (Å²) in [4.78, 5) is 0. The van der Waals surface area contributed by atoms with Gasteiger partial charge in [0.25, 0.3) is 0 Å². The fourth-order valence-corrected chi connectivity index (χ4v) is 2.49. The predicted octanol–water partition coefficient (Wildman–Crippen LogP) is 3.08. The van der Waals surface area contributed by atoms with Crippen molar-refractivity contribution in [3.63, 3.8) is 0 Å². The standard InChI is InChI=1S/C13H20FNS/c1-10(2)8-16-9-12(15)7-11-5-3-4-6-13(11)14/h3-6,10,12H,7-9,15H2,1-2H3. The minimum Gasteiger partial charge on any atom is -0.327 e. The minimum absolute atomic E-state index is 0.0423. The van der Waals surface area contributed by atoms with Gasteiger partial charge in [-0.25, -0.2) is 4.39 Å². The van der Waals surface area contributed by atoms with E-state index in [2.05, 4.69) is 13.8 Å². The van der Waals surface area contributed by atoms with Crippen LogP contribution in [0.15, 0.2) is 24.3 Å². The molecule has 0 heterocycles. The number of rotatable bonds is 6. The second-order valence-electron chi connectivity index (χ2n) is 4.49. The largest absolute Gasteiger partial charge is 0.327 e. The van der Waals surface area contributed by atoms with Crippen molar-refractivity contribution >= 4 is 11.8 Å². The summed E-state index contributed by atoms with van der Waals surface area (Å²) >= 11 is 1.85. The average Bonchev–Trinajstić information content (AvgIpc) is 2.21. The number of hydrogen-bond donors (Lipinski definition) is 1. The van der Waals surface area contributed by atoms with E-state index >= 15 is 0 Å². The molecule has 0 aliphatic carbocycles. The molecule has 1 aromatic rings. The number of nitrogens with two attached hydrogens (primary N) is 1. The van der Waals surface area contributed by atoms with E-state index in [4.69, 9.17) is 5.73 Å². The molecule has 0 aromatic heterocycles. The van der Waals surface area contributed by atoms with Gasteiger partial charge in [-0.05, 0) is 29.7 Å². The Hall–Kier alpha value is -0.540. The van der Waals surface area contributed by atoms with Crippen LogP contribution in [0.5, 0.6) is 0 Å². The highest BCUT2D eigenvalue weighted by molar-refractivity contribution is 7.99. The molecule has 16 heavy (non-hydrogen) atoms. The quantitative estimate of drug-likeness (QED) is 0.828. The Morgan fingerprint density at radius 3 is 2.56 bits per heavy atom. The molecule has 0 saturated carbocycles. The van der Waals surface area contributed by atoms with Crippen LogP contribution in [0.3, 0.4) is 0 Å². The minimum atomic E-state index is -0.146. The molecule has 90 valence electrons. The van der Waals surface area contributed by atoms with E-state index in [0.29, 0.717) is 12.3 Å². The Bertz CT molecular complexity index is 315. The molecule has 1 rings (SSSR count). The van der Waals surface area contributed by atoms with Gasteiger partial charge in [0.2, 0.25) is 0 Å². The van der Waals surface area contributed by atoms with Crippen LogP contribution in [0.1, 0.15) is 19.4 Å². The SMILES string of the molecule is CC(C)CSCC(N)Cc1ccccc1F. The van der Waals surface area contributed by atoms with Crippen molar-refractivity contribution in [1.29, 1.82) is 0 Å². The number of benzene rings is 1. The van der Waals surface area contributed by atoms with Gasteiger partial charge in [-0.3, -0.25) is 0 Å². The zero-order valence-electron chi connectivity index (χ0n) is 9.95. The van der Waals surface area contributed by atoms with Crippen LogP contribution in [-0.4, -0.2) is 17.5 Å². The predicted molar refractivity (Wildman–Crippen MR) is 70.2 cm³/mol. The van der Waals surface area contributed by atoms with Crippen molar-refractivity contribution < 1.29 is 4.39 Å². The molecule has 0 spiro atoms. The van der Waals surface area contributed by atoms with Crippen LogP contribution in [0, 0.1) is 11.7 Å². The summed E-state index contributed by atoms with van der Waals surface area (Å²) in [5, 5.41) is 0. The first-order chi connectivity index (χ1) is 7.59. The van der Waals surface area contributed by atoms with Gasteiger partial charge < -0.3 is 5.73 Å². The van der Waals surface area contributed by atoms with Crippen molar-refractivity contribution in [3.8, 4) is 0 Å². The van der Waals surface area contributed by atoms with Gasteiger partial charge in [0, 0.05) is 11.8 Å². The lowest BCUT2D eigenvalue weighted by Crippen LogP contribution is -2.26. The van der Waals surface area contributed by atoms with Crippen LogP contribution < -0.4 is 5.73 Å². The van der Waals surface area contributed by atoms with Crippen molar-refractivity contribution in [2.75, 3.05) is 11.5 Å². The van der Waals surface area contributed by atoms with Crippen molar-refractivity contribution in [3.05, 3.63) is 35.6 Å². The maximum atomic E-state index is 13.3. The number of thioether (sulfide) groups is 1. The van der Waals surface area contributed by atoms with Gasteiger partial charge in [0.05, 0.1) is 0 Å². The lowest BCUT2D eigenvalue weighted by atomic mass is 10.1. The number of halogens is 1. The summed E-state index contributed by atoms with van der Waals surface area (Å²) < 4.78 is 13.3. The van der Waals surface area contributed by atoms with Crippen molar-refractivity contribution in [1.82, 2.24) is 0 Å². The molecule has 1 unspecified atom stereocenters. The molecular weight excluding hydrogens is 221 g/mol. The molecule has 3 heteroatoms. The molecular formula is C13H20FNS. The van der Waals surface area contributed by atoms with Gasteiger partial charge in [-0.2, -0.15) is 11.8 Å². The summed E-state index contributed by atoms with van der Waals surface area (Å²) in [7, 11) is 0. The lowest BCUT2D eigenvalue weighted by molar-refractivity contribution is 0.597. The van der Waals surface area contributed by atoms with Crippen LogP contribution in [0.4, 0.5) is 4.39 Å². The third-order valence-corrected chi connectivity index (χ3v) is 3.79. The molecule has 0 radical (unpaired) electrons. The molecule has 0 saturated heterocycles. The highest BCUT2D eigenvalue weighted by Crippen LogP contribution is 2.13. The zero-order chi connectivity index (χ0) is 12.0. The first kappa shape index (κ1) is 13.5. The summed E-state index contributed by atoms with van der Waals surface area (Å²) in [6.45, 7) is 4.38. The highest BCUT2D eigenvalue weighted by atomic mass is 32.2. The van der Waals surface area contributed by atoms with Crippen LogP contribution in [-0.2, 0) is 6.42 Å². The maximum absolute atomic E-state index is 13.3. The Morgan fingerprint density at radius 2 is 1.94 bits per heavy atom. The molecule has 0 fully saturated rings. The third kappa shape index (κ3) is 4.99. The Balaban J connectivity index is 2.34. The van der Waals surface area contributed by atoms with E-state index < -0.39 is 0 Å². The maximum Gasteiger partial charge on any atom is 0.126 e. The second kappa shape index (κ2) is 6.92. The first-order valence-electron chi connectivity index (χ1n) is 5.66. The molecule has 0 bridgehead atoms. The Labute approximate surface area is 102 Å². The lowest BCUT2D eigenvalue weighted by Gasteiger charge is -2.12. The molecule has 2 N–H and O–H groups in total. The molecule has 0 aliphatic heterocycles. The highest BCUT2D eigenvalue weighted by Gasteiger charge is 2.08. The Morgan fingerprint density at radius 1 is 1.25 bits per heavy atom. The average molecular weight is 241 g/mol. The van der Waals surface area contributed by atoms with Gasteiger partial charge in [0.15, 0.2) is 0 Å². The van der Waals surface area contributed by atoms with Crippen LogP contribution >= 0.6 is 11.8 Å².